The van der Waals surface area contributed by atoms with Gasteiger partial charge in [-0.2, -0.15) is 0 Å². The predicted molar refractivity (Wildman–Crippen MR) is 113 cm³/mol. The van der Waals surface area contributed by atoms with Gasteiger partial charge in [-0.15, -0.1) is 11.8 Å². The van der Waals surface area contributed by atoms with Crippen molar-refractivity contribution in [3.8, 4) is 0 Å². The maximum absolute atomic E-state index is 12.9. The predicted octanol–water partition coefficient (Wildman–Crippen LogP) is 1.22. The molecule has 1 aliphatic heterocycles. The summed E-state index contributed by atoms with van der Waals surface area (Å²) in [6.45, 7) is 5.43. The third-order valence-corrected chi connectivity index (χ3v) is 6.18. The van der Waals surface area contributed by atoms with Crippen molar-refractivity contribution in [2.75, 3.05) is 18.9 Å². The zero-order valence-electron chi connectivity index (χ0n) is 17.4. The molecule has 0 radical (unpaired) electrons. The van der Waals surface area contributed by atoms with Crippen LogP contribution in [0.1, 0.15) is 32.3 Å². The van der Waals surface area contributed by atoms with Crippen molar-refractivity contribution in [3.05, 3.63) is 32.6 Å². The number of hydrogen-bond acceptors (Lipinski definition) is 6. The van der Waals surface area contributed by atoms with Crippen molar-refractivity contribution >= 4 is 28.7 Å². The fourth-order valence-corrected chi connectivity index (χ4v) is 4.54. The van der Waals surface area contributed by atoms with Gasteiger partial charge in [0, 0.05) is 38.3 Å². The molecule has 0 saturated carbocycles. The first kappa shape index (κ1) is 21.6. The number of fused-ring (bicyclic) bond motifs is 1. The highest BCUT2D eigenvalue weighted by Crippen LogP contribution is 2.29. The van der Waals surface area contributed by atoms with Gasteiger partial charge >= 0.3 is 5.69 Å². The molecule has 1 N–H and O–H groups in total. The molecular formula is C20H28N4O4S. The molecule has 9 heteroatoms. The lowest BCUT2D eigenvalue weighted by Gasteiger charge is -2.16. The Kier molecular flexibility index (Phi) is 6.79. The van der Waals surface area contributed by atoms with E-state index in [-0.39, 0.29) is 23.3 Å². The summed E-state index contributed by atoms with van der Waals surface area (Å²) in [5.74, 6) is 0.439. The monoisotopic (exact) mass is 420 g/mol. The van der Waals surface area contributed by atoms with Crippen LogP contribution in [0.15, 0.2) is 20.7 Å². The lowest BCUT2D eigenvalue weighted by Crippen LogP contribution is -2.37. The van der Waals surface area contributed by atoms with Gasteiger partial charge in [0.1, 0.15) is 5.65 Å². The van der Waals surface area contributed by atoms with E-state index in [1.165, 1.54) is 23.4 Å². The van der Waals surface area contributed by atoms with Crippen LogP contribution in [-0.4, -0.2) is 45.0 Å². The molecule has 0 unspecified atom stereocenters. The molecule has 2 aromatic heterocycles. The Balaban J connectivity index is 1.91. The molecule has 2 aromatic rings. The summed E-state index contributed by atoms with van der Waals surface area (Å²) in [7, 11) is 3.06. The molecule has 8 nitrogen and oxygen atoms in total. The molecule has 0 bridgehead atoms. The van der Waals surface area contributed by atoms with E-state index in [1.807, 2.05) is 0 Å². The Morgan fingerprint density at radius 1 is 1.34 bits per heavy atom. The third kappa shape index (κ3) is 4.72. The average Bonchev–Trinajstić information content (AvgIpc) is 3.21. The molecule has 29 heavy (non-hydrogen) atoms. The van der Waals surface area contributed by atoms with Crippen LogP contribution in [-0.2, 0) is 30.0 Å². The summed E-state index contributed by atoms with van der Waals surface area (Å²) in [6, 6.07) is 0. The van der Waals surface area contributed by atoms with E-state index in [1.54, 1.807) is 13.2 Å². The highest BCUT2D eigenvalue weighted by molar-refractivity contribution is 8.00. The molecule has 3 heterocycles. The molecule has 1 saturated heterocycles. The number of amides is 1. The number of aromatic nitrogens is 3. The van der Waals surface area contributed by atoms with Gasteiger partial charge in [-0.05, 0) is 30.7 Å². The first-order chi connectivity index (χ1) is 13.8. The van der Waals surface area contributed by atoms with E-state index in [4.69, 9.17) is 4.74 Å². The zero-order valence-corrected chi connectivity index (χ0v) is 18.2. The number of ether oxygens (including phenoxy) is 1. The van der Waals surface area contributed by atoms with Gasteiger partial charge < -0.3 is 10.1 Å². The van der Waals surface area contributed by atoms with Crippen molar-refractivity contribution in [1.29, 1.82) is 0 Å². The summed E-state index contributed by atoms with van der Waals surface area (Å²) in [5.41, 5.74) is 0.452. The maximum Gasteiger partial charge on any atom is 0.332 e. The smallest absolute Gasteiger partial charge is 0.332 e. The van der Waals surface area contributed by atoms with Crippen LogP contribution in [0.5, 0.6) is 0 Å². The van der Waals surface area contributed by atoms with Crippen LogP contribution in [0, 0.1) is 5.92 Å². The number of rotatable bonds is 7. The van der Waals surface area contributed by atoms with Crippen molar-refractivity contribution < 1.29 is 9.53 Å². The van der Waals surface area contributed by atoms with E-state index in [2.05, 4.69) is 24.1 Å². The van der Waals surface area contributed by atoms with Gasteiger partial charge in [0.2, 0.25) is 5.91 Å². The Labute approximate surface area is 173 Å². The van der Waals surface area contributed by atoms with Crippen LogP contribution in [0.2, 0.25) is 0 Å². The van der Waals surface area contributed by atoms with Crippen LogP contribution in [0.3, 0.4) is 0 Å². The summed E-state index contributed by atoms with van der Waals surface area (Å²) in [5, 5.41) is 3.30. The van der Waals surface area contributed by atoms with Gasteiger partial charge in [0.25, 0.3) is 5.56 Å². The van der Waals surface area contributed by atoms with Crippen molar-refractivity contribution in [3.63, 3.8) is 0 Å². The van der Waals surface area contributed by atoms with Crippen LogP contribution in [0.25, 0.3) is 11.0 Å². The maximum atomic E-state index is 12.9. The molecule has 0 aliphatic carbocycles. The van der Waals surface area contributed by atoms with Crippen molar-refractivity contribution in [2.24, 2.45) is 20.0 Å². The van der Waals surface area contributed by atoms with Crippen molar-refractivity contribution in [2.45, 2.75) is 44.1 Å². The third-order valence-electron chi connectivity index (χ3n) is 5.02. The molecule has 0 aromatic carbocycles. The molecule has 1 fully saturated rings. The highest BCUT2D eigenvalue weighted by atomic mass is 32.2. The van der Waals surface area contributed by atoms with Crippen LogP contribution in [0.4, 0.5) is 0 Å². The fraction of sp³-hybridized carbons (Fsp3) is 0.600. The standard InChI is InChI=1S/C20H28N4O4S/c1-12(2)8-13-9-22-18-16(19(26)24(4)20(27)23(18)3)17(13)29-11-15(25)21-10-14-6-5-7-28-14/h9,12,14H,5-8,10-11H2,1-4H3,(H,21,25)/t14-/m0/s1. The van der Waals surface area contributed by atoms with Gasteiger partial charge in [-0.3, -0.25) is 18.7 Å². The molecule has 158 valence electrons. The summed E-state index contributed by atoms with van der Waals surface area (Å²) in [6.07, 6.45) is 4.52. The Bertz CT molecular complexity index is 1020. The number of carbonyl (C=O) groups excluding carboxylic acids is 1. The lowest BCUT2D eigenvalue weighted by atomic mass is 10.0. The minimum absolute atomic E-state index is 0.0871. The molecule has 1 amide bonds. The van der Waals surface area contributed by atoms with Crippen LogP contribution >= 0.6 is 11.8 Å². The number of nitrogens with one attached hydrogen (secondary N) is 1. The average molecular weight is 421 g/mol. The van der Waals surface area contributed by atoms with Gasteiger partial charge in [0.05, 0.1) is 17.2 Å². The van der Waals surface area contributed by atoms with E-state index in [0.717, 1.165) is 40.9 Å². The second kappa shape index (κ2) is 9.13. The topological polar surface area (TPSA) is 95.2 Å². The fourth-order valence-electron chi connectivity index (χ4n) is 3.51. The molecule has 0 spiro atoms. The SMILES string of the molecule is CC(C)Cc1cnc2c(c1SCC(=O)NC[C@@H]1CCCO1)c(=O)n(C)c(=O)n2C. The van der Waals surface area contributed by atoms with E-state index < -0.39 is 5.69 Å². The quantitative estimate of drug-likeness (QED) is 0.677. The largest absolute Gasteiger partial charge is 0.376 e. The summed E-state index contributed by atoms with van der Waals surface area (Å²) < 4.78 is 7.99. The van der Waals surface area contributed by atoms with Gasteiger partial charge in [0.15, 0.2) is 0 Å². The minimum atomic E-state index is -0.420. The molecule has 1 atom stereocenters. The van der Waals surface area contributed by atoms with Crippen molar-refractivity contribution in [1.82, 2.24) is 19.4 Å². The number of hydrogen-bond donors (Lipinski definition) is 1. The van der Waals surface area contributed by atoms with Crippen LogP contribution < -0.4 is 16.6 Å². The lowest BCUT2D eigenvalue weighted by molar-refractivity contribution is -0.119. The first-order valence-corrected chi connectivity index (χ1v) is 10.9. The number of nitrogens with zero attached hydrogens (tertiary/aromatic N) is 3. The molecule has 1 aliphatic rings. The minimum Gasteiger partial charge on any atom is -0.376 e. The van der Waals surface area contributed by atoms with E-state index in [0.29, 0.717) is 23.5 Å². The second-order valence-electron chi connectivity index (χ2n) is 7.84. The normalized spacial score (nSPS) is 16.7. The number of thioether (sulfide) groups is 1. The Hall–Kier alpha value is -2.13. The number of pyridine rings is 1. The summed E-state index contributed by atoms with van der Waals surface area (Å²) in [4.78, 5) is 42.6. The Morgan fingerprint density at radius 3 is 2.76 bits per heavy atom. The molecular weight excluding hydrogens is 392 g/mol. The van der Waals surface area contributed by atoms with Gasteiger partial charge in [-0.25, -0.2) is 9.78 Å². The number of aryl methyl sites for hydroxylation is 1. The summed E-state index contributed by atoms with van der Waals surface area (Å²) >= 11 is 1.32. The first-order valence-electron chi connectivity index (χ1n) is 9.88. The van der Waals surface area contributed by atoms with E-state index >= 15 is 0 Å². The Morgan fingerprint density at radius 2 is 2.10 bits per heavy atom. The zero-order chi connectivity index (χ0) is 21.1. The molecule has 3 rings (SSSR count). The van der Waals surface area contributed by atoms with Gasteiger partial charge in [-0.1, -0.05) is 13.8 Å². The number of carbonyl (C=O) groups is 1. The second-order valence-corrected chi connectivity index (χ2v) is 8.83. The highest BCUT2D eigenvalue weighted by Gasteiger charge is 2.20. The van der Waals surface area contributed by atoms with E-state index in [9.17, 15) is 14.4 Å².